The maximum atomic E-state index is 13.0. The Labute approximate surface area is 122 Å². The van der Waals surface area contributed by atoms with Gasteiger partial charge in [0.15, 0.2) is 0 Å². The zero-order valence-electron chi connectivity index (χ0n) is 12.1. The molecule has 0 amide bonds. The monoisotopic (exact) mass is 302 g/mol. The minimum Gasteiger partial charge on any atom is -0.383 e. The third-order valence-corrected chi connectivity index (χ3v) is 3.74. The van der Waals surface area contributed by atoms with E-state index in [2.05, 4.69) is 4.90 Å². The van der Waals surface area contributed by atoms with Crippen LogP contribution in [0.15, 0.2) is 24.3 Å². The van der Waals surface area contributed by atoms with E-state index in [4.69, 9.17) is 10.5 Å². The molecule has 0 aromatic heterocycles. The van der Waals surface area contributed by atoms with Gasteiger partial charge in [-0.25, -0.2) is 0 Å². The lowest BCUT2D eigenvalue weighted by Gasteiger charge is -2.26. The average Bonchev–Trinajstić information content (AvgIpc) is 3.26. The zero-order valence-corrected chi connectivity index (χ0v) is 12.1. The number of benzene rings is 1. The molecule has 2 N–H and O–H groups in total. The fraction of sp³-hybridized carbons (Fsp3) is 0.600. The highest BCUT2D eigenvalue weighted by atomic mass is 19.4. The topological polar surface area (TPSA) is 38.5 Å². The van der Waals surface area contributed by atoms with Crippen LogP contribution < -0.4 is 5.73 Å². The van der Waals surface area contributed by atoms with Crippen LogP contribution in [0.5, 0.6) is 0 Å². The van der Waals surface area contributed by atoms with Gasteiger partial charge >= 0.3 is 6.18 Å². The number of halogens is 3. The van der Waals surface area contributed by atoms with Crippen LogP contribution in [-0.4, -0.2) is 37.7 Å². The number of hydrogen-bond donors (Lipinski definition) is 1. The molecule has 1 aromatic carbocycles. The highest BCUT2D eigenvalue weighted by Crippen LogP contribution is 2.35. The van der Waals surface area contributed by atoms with Crippen molar-refractivity contribution in [1.29, 1.82) is 0 Å². The molecule has 6 heteroatoms. The first-order valence-corrected chi connectivity index (χ1v) is 7.08. The van der Waals surface area contributed by atoms with Crippen LogP contribution in [0.4, 0.5) is 13.2 Å². The summed E-state index contributed by atoms with van der Waals surface area (Å²) in [6.45, 7) is 1.67. The Kier molecular flexibility index (Phi) is 5.24. The van der Waals surface area contributed by atoms with Gasteiger partial charge in [-0.05, 0) is 24.5 Å². The molecule has 1 unspecified atom stereocenters. The van der Waals surface area contributed by atoms with Crippen LogP contribution in [0, 0.1) is 0 Å². The standard InChI is InChI=1S/C15H21F3N2O/c1-21-9-8-20(11-6-7-11)10-14(19)12-4-2-3-5-13(12)15(16,17)18/h2-5,11,14H,6-10,19H2,1H3. The average molecular weight is 302 g/mol. The molecule has 21 heavy (non-hydrogen) atoms. The quantitative estimate of drug-likeness (QED) is 0.842. The summed E-state index contributed by atoms with van der Waals surface area (Å²) in [5, 5.41) is 0. The molecule has 0 saturated heterocycles. The van der Waals surface area contributed by atoms with E-state index < -0.39 is 17.8 Å². The smallest absolute Gasteiger partial charge is 0.383 e. The van der Waals surface area contributed by atoms with Crippen molar-refractivity contribution < 1.29 is 17.9 Å². The predicted molar refractivity (Wildman–Crippen MR) is 74.8 cm³/mol. The van der Waals surface area contributed by atoms with Gasteiger partial charge in [0.05, 0.1) is 12.2 Å². The number of nitrogens with two attached hydrogens (primary N) is 1. The molecule has 1 atom stereocenters. The Hall–Kier alpha value is -1.11. The molecule has 3 nitrogen and oxygen atoms in total. The van der Waals surface area contributed by atoms with E-state index >= 15 is 0 Å². The first-order chi connectivity index (χ1) is 9.93. The first-order valence-electron chi connectivity index (χ1n) is 7.08. The van der Waals surface area contributed by atoms with E-state index in [1.807, 2.05) is 0 Å². The van der Waals surface area contributed by atoms with Crippen LogP contribution >= 0.6 is 0 Å². The number of rotatable bonds is 7. The Morgan fingerprint density at radius 3 is 2.57 bits per heavy atom. The second-order valence-electron chi connectivity index (χ2n) is 5.41. The summed E-state index contributed by atoms with van der Waals surface area (Å²) in [5.74, 6) is 0. The summed E-state index contributed by atoms with van der Waals surface area (Å²) < 4.78 is 44.1. The van der Waals surface area contributed by atoms with Gasteiger partial charge in [0.2, 0.25) is 0 Å². The molecule has 1 aromatic rings. The van der Waals surface area contributed by atoms with Gasteiger partial charge in [0.25, 0.3) is 0 Å². The van der Waals surface area contributed by atoms with Gasteiger partial charge in [-0.2, -0.15) is 13.2 Å². The summed E-state index contributed by atoms with van der Waals surface area (Å²) in [6, 6.07) is 5.33. The fourth-order valence-corrected chi connectivity index (χ4v) is 2.50. The lowest BCUT2D eigenvalue weighted by Crippen LogP contribution is -2.36. The van der Waals surface area contributed by atoms with Crippen LogP contribution in [0.1, 0.15) is 30.0 Å². The van der Waals surface area contributed by atoms with Crippen molar-refractivity contribution in [2.24, 2.45) is 5.73 Å². The van der Waals surface area contributed by atoms with Gasteiger partial charge < -0.3 is 10.5 Å². The molecule has 0 spiro atoms. The molecule has 1 fully saturated rings. The second-order valence-corrected chi connectivity index (χ2v) is 5.41. The van der Waals surface area contributed by atoms with Crippen LogP contribution in [0.2, 0.25) is 0 Å². The number of methoxy groups -OCH3 is 1. The van der Waals surface area contributed by atoms with E-state index in [0.29, 0.717) is 25.7 Å². The molecule has 1 aliphatic rings. The molecule has 1 saturated carbocycles. The molecule has 0 heterocycles. The highest BCUT2D eigenvalue weighted by molar-refractivity contribution is 5.32. The normalized spacial score (nSPS) is 17.2. The molecule has 0 aliphatic heterocycles. The van der Waals surface area contributed by atoms with E-state index in [-0.39, 0.29) is 5.56 Å². The van der Waals surface area contributed by atoms with Gasteiger partial charge in [-0.15, -0.1) is 0 Å². The minimum atomic E-state index is -4.37. The summed E-state index contributed by atoms with van der Waals surface area (Å²) in [7, 11) is 1.62. The molecular weight excluding hydrogens is 281 g/mol. The van der Waals surface area contributed by atoms with Gasteiger partial charge in [-0.3, -0.25) is 4.90 Å². The van der Waals surface area contributed by atoms with E-state index in [9.17, 15) is 13.2 Å². The predicted octanol–water partition coefficient (Wildman–Crippen LogP) is 2.82. The summed E-state index contributed by atoms with van der Waals surface area (Å²) in [4.78, 5) is 2.13. The Morgan fingerprint density at radius 1 is 1.33 bits per heavy atom. The first kappa shape index (κ1) is 16.3. The Balaban J connectivity index is 2.10. The third kappa shape index (κ3) is 4.43. The maximum absolute atomic E-state index is 13.0. The highest BCUT2D eigenvalue weighted by Gasteiger charge is 2.36. The largest absolute Gasteiger partial charge is 0.416 e. The molecule has 2 rings (SSSR count). The van der Waals surface area contributed by atoms with Gasteiger partial charge in [-0.1, -0.05) is 18.2 Å². The van der Waals surface area contributed by atoms with E-state index in [1.54, 1.807) is 13.2 Å². The lowest BCUT2D eigenvalue weighted by molar-refractivity contribution is -0.138. The number of alkyl halides is 3. The molecular formula is C15H21F3N2O. The van der Waals surface area contributed by atoms with Crippen LogP contribution in [0.3, 0.4) is 0 Å². The van der Waals surface area contributed by atoms with E-state index in [1.165, 1.54) is 12.1 Å². The number of nitrogens with zero attached hydrogens (tertiary/aromatic N) is 1. The van der Waals surface area contributed by atoms with Gasteiger partial charge in [0.1, 0.15) is 0 Å². The summed E-state index contributed by atoms with van der Waals surface area (Å²) in [6.07, 6.45) is -2.21. The van der Waals surface area contributed by atoms with Crippen molar-refractivity contribution in [1.82, 2.24) is 4.90 Å². The third-order valence-electron chi connectivity index (χ3n) is 3.74. The van der Waals surface area contributed by atoms with Crippen molar-refractivity contribution in [3.63, 3.8) is 0 Å². The molecule has 0 radical (unpaired) electrons. The SMILES string of the molecule is COCCN(CC(N)c1ccccc1C(F)(F)F)C1CC1. The summed E-state index contributed by atoms with van der Waals surface area (Å²) >= 11 is 0. The maximum Gasteiger partial charge on any atom is 0.416 e. The van der Waals surface area contributed by atoms with Crippen molar-refractivity contribution in [3.8, 4) is 0 Å². The molecule has 0 bridgehead atoms. The van der Waals surface area contributed by atoms with Gasteiger partial charge in [0, 0.05) is 32.3 Å². The van der Waals surface area contributed by atoms with Crippen molar-refractivity contribution in [3.05, 3.63) is 35.4 Å². The molecule has 1 aliphatic carbocycles. The minimum absolute atomic E-state index is 0.160. The van der Waals surface area contributed by atoms with Crippen molar-refractivity contribution in [2.75, 3.05) is 26.8 Å². The Morgan fingerprint density at radius 2 is 2.00 bits per heavy atom. The number of ether oxygens (including phenoxy) is 1. The van der Waals surface area contributed by atoms with E-state index in [0.717, 1.165) is 18.9 Å². The van der Waals surface area contributed by atoms with Crippen LogP contribution in [0.25, 0.3) is 0 Å². The number of hydrogen-bond acceptors (Lipinski definition) is 3. The molecule has 118 valence electrons. The van der Waals surface area contributed by atoms with Crippen molar-refractivity contribution >= 4 is 0 Å². The summed E-state index contributed by atoms with van der Waals surface area (Å²) in [5.41, 5.74) is 5.57. The fourth-order valence-electron chi connectivity index (χ4n) is 2.50. The zero-order chi connectivity index (χ0) is 15.5. The van der Waals surface area contributed by atoms with Crippen LogP contribution in [-0.2, 0) is 10.9 Å². The second kappa shape index (κ2) is 6.77. The lowest BCUT2D eigenvalue weighted by atomic mass is 10.00. The van der Waals surface area contributed by atoms with Crippen molar-refractivity contribution in [2.45, 2.75) is 31.1 Å². The Bertz CT molecular complexity index is 460.